The third-order valence-corrected chi connectivity index (χ3v) is 6.63. The second-order valence-corrected chi connectivity index (χ2v) is 10.3. The fourth-order valence-electron chi connectivity index (χ4n) is 4.64. The van der Waals surface area contributed by atoms with Gasteiger partial charge in [0.25, 0.3) is 5.56 Å². The van der Waals surface area contributed by atoms with Gasteiger partial charge in [-0.15, -0.1) is 0 Å². The average molecular weight is 495 g/mol. The van der Waals surface area contributed by atoms with E-state index in [4.69, 9.17) is 4.74 Å². The highest BCUT2D eigenvalue weighted by molar-refractivity contribution is 5.72. The minimum atomic E-state index is -0.923. The third-order valence-electron chi connectivity index (χ3n) is 6.63. The molecule has 36 heavy (non-hydrogen) atoms. The summed E-state index contributed by atoms with van der Waals surface area (Å²) in [6.07, 6.45) is 2.73. The lowest BCUT2D eigenvalue weighted by atomic mass is 9.87. The fraction of sp³-hybridized carbons (Fsp3) is 0.370. The summed E-state index contributed by atoms with van der Waals surface area (Å²) in [5.74, 6) is -1.69. The Hall–Kier alpha value is -3.59. The van der Waals surface area contributed by atoms with Crippen molar-refractivity contribution < 1.29 is 13.5 Å². The maximum atomic E-state index is 14.8. The molecule has 2 aromatic heterocycles. The van der Waals surface area contributed by atoms with Crippen molar-refractivity contribution in [2.75, 3.05) is 6.61 Å². The van der Waals surface area contributed by atoms with Gasteiger partial charge < -0.3 is 9.30 Å². The van der Waals surface area contributed by atoms with Crippen molar-refractivity contribution in [1.29, 1.82) is 0 Å². The van der Waals surface area contributed by atoms with Crippen molar-refractivity contribution in [2.45, 2.75) is 58.2 Å². The highest BCUT2D eigenvalue weighted by Gasteiger charge is 2.25. The van der Waals surface area contributed by atoms with Crippen molar-refractivity contribution in [3.8, 4) is 5.69 Å². The van der Waals surface area contributed by atoms with Crippen LogP contribution in [-0.4, -0.2) is 31.4 Å². The topological polar surface area (TPSA) is 71.1 Å². The zero-order valence-electron chi connectivity index (χ0n) is 20.5. The quantitative estimate of drug-likeness (QED) is 0.418. The molecule has 0 unspecified atom stereocenters. The largest absolute Gasteiger partial charge is 0.376 e. The van der Waals surface area contributed by atoms with Crippen LogP contribution in [0.4, 0.5) is 8.78 Å². The van der Waals surface area contributed by atoms with E-state index in [0.717, 1.165) is 27.2 Å². The minimum Gasteiger partial charge on any atom is -0.376 e. The van der Waals surface area contributed by atoms with Crippen LogP contribution in [0.5, 0.6) is 0 Å². The summed E-state index contributed by atoms with van der Waals surface area (Å²) < 4.78 is 37.9. The molecule has 0 N–H and O–H groups in total. The molecule has 9 heteroatoms. The van der Waals surface area contributed by atoms with Gasteiger partial charge in [-0.1, -0.05) is 45.0 Å². The maximum Gasteiger partial charge on any atom is 0.337 e. The number of nitrogens with zero attached hydrogens (tertiary/aromatic N) is 4. The molecule has 0 spiro atoms. The molecule has 7 nitrogen and oxygen atoms in total. The standard InChI is InChI=1S/C27H28F2N4O3/c1-27(2,3)18-8-6-17(7-9-18)14-31-16-30-24-23(31)25(34)32(15-20-5-4-12-36-20)26(35)33(24)22-11-10-19(28)13-21(22)29/h6-11,13,16,20H,4-5,12,14-15H2,1-3H3/t20-/m1/s1. The molecule has 4 aromatic rings. The summed E-state index contributed by atoms with van der Waals surface area (Å²) in [7, 11) is 0. The summed E-state index contributed by atoms with van der Waals surface area (Å²) in [6, 6.07) is 11.0. The Labute approximate surface area is 206 Å². The number of fused-ring (bicyclic) bond motifs is 1. The van der Waals surface area contributed by atoms with Crippen molar-refractivity contribution in [1.82, 2.24) is 18.7 Å². The summed E-state index contributed by atoms with van der Waals surface area (Å²) >= 11 is 0. The average Bonchev–Trinajstić information content (AvgIpc) is 3.48. The van der Waals surface area contributed by atoms with Crippen molar-refractivity contribution >= 4 is 11.2 Å². The number of halogens is 2. The Morgan fingerprint density at radius 2 is 1.83 bits per heavy atom. The second kappa shape index (κ2) is 9.13. The number of aromatic nitrogens is 4. The lowest BCUT2D eigenvalue weighted by Gasteiger charge is -2.19. The van der Waals surface area contributed by atoms with Crippen molar-refractivity contribution in [3.05, 3.63) is 92.4 Å². The molecule has 1 saturated heterocycles. The maximum absolute atomic E-state index is 14.8. The molecule has 1 atom stereocenters. The van der Waals surface area contributed by atoms with Crippen LogP contribution in [0.25, 0.3) is 16.9 Å². The lowest BCUT2D eigenvalue weighted by Crippen LogP contribution is -2.42. The first kappa shape index (κ1) is 24.1. The summed E-state index contributed by atoms with van der Waals surface area (Å²) in [5.41, 5.74) is 0.876. The van der Waals surface area contributed by atoms with Gasteiger partial charge in [-0.05, 0) is 41.5 Å². The number of hydrogen-bond donors (Lipinski definition) is 0. The molecular formula is C27H28F2N4O3. The molecule has 188 valence electrons. The molecule has 0 amide bonds. The molecule has 1 aliphatic heterocycles. The molecule has 0 saturated carbocycles. The Kier molecular flexibility index (Phi) is 6.12. The smallest absolute Gasteiger partial charge is 0.337 e. The van der Waals surface area contributed by atoms with Crippen LogP contribution in [0.2, 0.25) is 0 Å². The molecule has 0 aliphatic carbocycles. The van der Waals surface area contributed by atoms with Crippen LogP contribution in [0.15, 0.2) is 58.4 Å². The molecule has 0 radical (unpaired) electrons. The first-order chi connectivity index (χ1) is 17.1. The predicted octanol–water partition coefficient (Wildman–Crippen LogP) is 4.15. The highest BCUT2D eigenvalue weighted by Crippen LogP contribution is 2.23. The first-order valence-electron chi connectivity index (χ1n) is 12.0. The number of ether oxygens (including phenoxy) is 1. The van der Waals surface area contributed by atoms with Gasteiger partial charge in [0.1, 0.15) is 11.6 Å². The molecule has 5 rings (SSSR count). The number of rotatable bonds is 5. The van der Waals surface area contributed by atoms with Gasteiger partial charge in [-0.3, -0.25) is 9.36 Å². The fourth-order valence-corrected chi connectivity index (χ4v) is 4.64. The van der Waals surface area contributed by atoms with Crippen LogP contribution in [0.3, 0.4) is 0 Å². The van der Waals surface area contributed by atoms with E-state index >= 15 is 0 Å². The van der Waals surface area contributed by atoms with E-state index < -0.39 is 22.9 Å². The van der Waals surface area contributed by atoms with Crippen molar-refractivity contribution in [3.63, 3.8) is 0 Å². The van der Waals surface area contributed by atoms with E-state index in [2.05, 4.69) is 25.8 Å². The van der Waals surface area contributed by atoms with Gasteiger partial charge in [-0.2, -0.15) is 0 Å². The zero-order valence-corrected chi connectivity index (χ0v) is 20.5. The lowest BCUT2D eigenvalue weighted by molar-refractivity contribution is 0.0950. The van der Waals surface area contributed by atoms with Crippen LogP contribution < -0.4 is 11.2 Å². The highest BCUT2D eigenvalue weighted by atomic mass is 19.1. The van der Waals surface area contributed by atoms with Crippen LogP contribution in [-0.2, 0) is 23.2 Å². The Bertz CT molecular complexity index is 1540. The summed E-state index contributed by atoms with van der Waals surface area (Å²) in [6.45, 7) is 7.34. The Balaban J connectivity index is 1.67. The second-order valence-electron chi connectivity index (χ2n) is 10.3. The van der Waals surface area contributed by atoms with Gasteiger partial charge >= 0.3 is 5.69 Å². The van der Waals surface area contributed by atoms with Gasteiger partial charge in [0.05, 0.1) is 24.7 Å². The molecule has 2 aromatic carbocycles. The van der Waals surface area contributed by atoms with Gasteiger partial charge in [0.15, 0.2) is 11.2 Å². The number of imidazole rings is 1. The number of hydrogen-bond acceptors (Lipinski definition) is 4. The predicted molar refractivity (Wildman–Crippen MR) is 133 cm³/mol. The monoisotopic (exact) mass is 494 g/mol. The zero-order chi connectivity index (χ0) is 25.6. The van der Waals surface area contributed by atoms with Crippen LogP contribution in [0, 0.1) is 11.6 Å². The Morgan fingerprint density at radius 3 is 2.47 bits per heavy atom. The van der Waals surface area contributed by atoms with E-state index in [1.807, 2.05) is 24.3 Å². The van der Waals surface area contributed by atoms with E-state index in [-0.39, 0.29) is 34.9 Å². The van der Waals surface area contributed by atoms with Gasteiger partial charge in [0, 0.05) is 19.2 Å². The normalized spacial score (nSPS) is 16.2. The molecular weight excluding hydrogens is 466 g/mol. The molecule has 1 fully saturated rings. The summed E-state index contributed by atoms with van der Waals surface area (Å²) in [5, 5.41) is 0. The molecule has 1 aliphatic rings. The van der Waals surface area contributed by atoms with E-state index in [0.29, 0.717) is 25.6 Å². The minimum absolute atomic E-state index is 0.00553. The van der Waals surface area contributed by atoms with Crippen molar-refractivity contribution in [2.24, 2.45) is 0 Å². The first-order valence-corrected chi connectivity index (χ1v) is 12.0. The number of benzene rings is 2. The van der Waals surface area contributed by atoms with Crippen LogP contribution in [0.1, 0.15) is 44.7 Å². The van der Waals surface area contributed by atoms with E-state index in [1.54, 1.807) is 4.57 Å². The molecule has 3 heterocycles. The Morgan fingerprint density at radius 1 is 1.08 bits per heavy atom. The van der Waals surface area contributed by atoms with E-state index in [1.165, 1.54) is 18.0 Å². The van der Waals surface area contributed by atoms with Gasteiger partial charge in [0.2, 0.25) is 0 Å². The third kappa shape index (κ3) is 4.39. The molecule has 0 bridgehead atoms. The van der Waals surface area contributed by atoms with Gasteiger partial charge in [-0.25, -0.2) is 23.1 Å². The summed E-state index contributed by atoms with van der Waals surface area (Å²) in [4.78, 5) is 31.4. The SMILES string of the molecule is CC(C)(C)c1ccc(Cn2cnc3c2c(=O)n(C[C@H]2CCCO2)c(=O)n3-c2ccc(F)cc2F)cc1. The van der Waals surface area contributed by atoms with Crippen LogP contribution >= 0.6 is 0 Å². The van der Waals surface area contributed by atoms with E-state index in [9.17, 15) is 18.4 Å².